The predicted octanol–water partition coefficient (Wildman–Crippen LogP) is 2.58. The number of aromatic nitrogens is 1. The molecule has 3 rings (SSSR count). The van der Waals surface area contributed by atoms with Crippen molar-refractivity contribution < 1.29 is 8.42 Å². The second-order valence-corrected chi connectivity index (χ2v) is 8.50. The first-order chi connectivity index (χ1) is 11.3. The summed E-state index contributed by atoms with van der Waals surface area (Å²) in [4.78, 5) is 7.08. The zero-order valence-corrected chi connectivity index (χ0v) is 15.6. The SMILES string of the molecule is CCc1c(C)nc2ccccc2c1N1CCN(S(C)(=O)=O)[C@H](C)C1. The largest absolute Gasteiger partial charge is 0.368 e. The number of hydrogen-bond donors (Lipinski definition) is 0. The van der Waals surface area contributed by atoms with Crippen LogP contribution in [-0.2, 0) is 16.4 Å². The third kappa shape index (κ3) is 3.00. The summed E-state index contributed by atoms with van der Waals surface area (Å²) in [5.74, 6) is 0. The van der Waals surface area contributed by atoms with Crippen LogP contribution in [0, 0.1) is 6.92 Å². The van der Waals surface area contributed by atoms with Crippen molar-refractivity contribution in [1.29, 1.82) is 0 Å². The van der Waals surface area contributed by atoms with E-state index in [0.29, 0.717) is 19.6 Å². The quantitative estimate of drug-likeness (QED) is 0.856. The van der Waals surface area contributed by atoms with Gasteiger partial charge in [0.2, 0.25) is 10.0 Å². The lowest BCUT2D eigenvalue weighted by Gasteiger charge is -2.40. The van der Waals surface area contributed by atoms with Crippen LogP contribution in [0.1, 0.15) is 25.1 Å². The Bertz CT molecular complexity index is 864. The maximum Gasteiger partial charge on any atom is 0.211 e. The number of fused-ring (bicyclic) bond motifs is 1. The average Bonchev–Trinajstić information content (AvgIpc) is 2.52. The number of nitrogens with zero attached hydrogens (tertiary/aromatic N) is 3. The number of pyridine rings is 1. The number of rotatable bonds is 3. The van der Waals surface area contributed by atoms with Crippen molar-refractivity contribution in [3.63, 3.8) is 0 Å². The maximum absolute atomic E-state index is 11.9. The summed E-state index contributed by atoms with van der Waals surface area (Å²) in [7, 11) is -3.15. The first-order valence-electron chi connectivity index (χ1n) is 8.43. The summed E-state index contributed by atoms with van der Waals surface area (Å²) in [5.41, 5.74) is 4.54. The fourth-order valence-corrected chi connectivity index (χ4v) is 4.91. The minimum Gasteiger partial charge on any atom is -0.368 e. The Morgan fingerprint density at radius 3 is 2.58 bits per heavy atom. The molecule has 1 atom stereocenters. The molecule has 0 radical (unpaired) electrons. The highest BCUT2D eigenvalue weighted by molar-refractivity contribution is 7.88. The van der Waals surface area contributed by atoms with Crippen LogP contribution in [0.2, 0.25) is 0 Å². The Kier molecular flexibility index (Phi) is 4.53. The molecule has 1 fully saturated rings. The summed E-state index contributed by atoms with van der Waals surface area (Å²) in [6, 6.07) is 8.17. The molecule has 1 saturated heterocycles. The number of hydrogen-bond acceptors (Lipinski definition) is 4. The molecule has 1 aliphatic heterocycles. The van der Waals surface area contributed by atoms with E-state index in [9.17, 15) is 8.42 Å². The second-order valence-electron chi connectivity index (χ2n) is 6.56. The van der Waals surface area contributed by atoms with Gasteiger partial charge in [-0.15, -0.1) is 0 Å². The average molecular weight is 347 g/mol. The zero-order chi connectivity index (χ0) is 17.5. The van der Waals surface area contributed by atoms with Gasteiger partial charge >= 0.3 is 0 Å². The fourth-order valence-electron chi connectivity index (χ4n) is 3.77. The molecule has 0 unspecified atom stereocenters. The smallest absolute Gasteiger partial charge is 0.211 e. The third-order valence-electron chi connectivity index (χ3n) is 4.83. The van der Waals surface area contributed by atoms with Crippen LogP contribution < -0.4 is 4.90 Å². The molecule has 2 aromatic rings. The Balaban J connectivity index is 2.07. The van der Waals surface area contributed by atoms with E-state index < -0.39 is 10.0 Å². The van der Waals surface area contributed by atoms with Crippen molar-refractivity contribution in [3.8, 4) is 0 Å². The van der Waals surface area contributed by atoms with E-state index in [2.05, 4.69) is 24.8 Å². The molecule has 6 heteroatoms. The number of aryl methyl sites for hydroxylation is 1. The molecule has 2 heterocycles. The Hall–Kier alpha value is -1.66. The molecular weight excluding hydrogens is 322 g/mol. The van der Waals surface area contributed by atoms with Gasteiger partial charge in [0, 0.05) is 36.8 Å². The highest BCUT2D eigenvalue weighted by atomic mass is 32.2. The lowest BCUT2D eigenvalue weighted by Crippen LogP contribution is -2.54. The Morgan fingerprint density at radius 2 is 1.96 bits per heavy atom. The lowest BCUT2D eigenvalue weighted by atomic mass is 10.0. The van der Waals surface area contributed by atoms with Crippen LogP contribution in [0.25, 0.3) is 10.9 Å². The third-order valence-corrected chi connectivity index (χ3v) is 6.23. The molecule has 0 bridgehead atoms. The number of para-hydroxylation sites is 1. The predicted molar refractivity (Wildman–Crippen MR) is 99.1 cm³/mol. The van der Waals surface area contributed by atoms with E-state index in [4.69, 9.17) is 4.98 Å². The Labute approximate surface area is 144 Å². The monoisotopic (exact) mass is 347 g/mol. The van der Waals surface area contributed by atoms with Crippen LogP contribution in [0.5, 0.6) is 0 Å². The lowest BCUT2D eigenvalue weighted by molar-refractivity contribution is 0.309. The molecule has 0 spiro atoms. The van der Waals surface area contributed by atoms with Crippen molar-refractivity contribution in [2.24, 2.45) is 0 Å². The van der Waals surface area contributed by atoms with Gasteiger partial charge in [0.05, 0.1) is 17.5 Å². The molecule has 24 heavy (non-hydrogen) atoms. The Morgan fingerprint density at radius 1 is 1.25 bits per heavy atom. The maximum atomic E-state index is 11.9. The van der Waals surface area contributed by atoms with E-state index in [0.717, 1.165) is 23.0 Å². The summed E-state index contributed by atoms with van der Waals surface area (Å²) in [6.45, 7) is 8.13. The van der Waals surface area contributed by atoms with E-state index in [1.54, 1.807) is 4.31 Å². The molecule has 5 nitrogen and oxygen atoms in total. The molecule has 1 aromatic heterocycles. The summed E-state index contributed by atoms with van der Waals surface area (Å²) in [6.07, 6.45) is 2.21. The molecule has 0 aliphatic carbocycles. The highest BCUT2D eigenvalue weighted by Crippen LogP contribution is 2.33. The van der Waals surface area contributed by atoms with Crippen LogP contribution in [0.4, 0.5) is 5.69 Å². The molecule has 130 valence electrons. The van der Waals surface area contributed by atoms with Crippen molar-refractivity contribution in [1.82, 2.24) is 9.29 Å². The van der Waals surface area contributed by atoms with E-state index >= 15 is 0 Å². The molecule has 1 aromatic carbocycles. The second kappa shape index (κ2) is 6.33. The van der Waals surface area contributed by atoms with Crippen LogP contribution in [-0.4, -0.2) is 49.6 Å². The van der Waals surface area contributed by atoms with Gasteiger partial charge in [0.1, 0.15) is 0 Å². The summed E-state index contributed by atoms with van der Waals surface area (Å²) in [5, 5.41) is 1.15. The van der Waals surface area contributed by atoms with Crippen LogP contribution in [0.15, 0.2) is 24.3 Å². The molecular formula is C18H25N3O2S. The minimum atomic E-state index is -3.15. The van der Waals surface area contributed by atoms with Crippen molar-refractivity contribution in [2.45, 2.75) is 33.2 Å². The standard InChI is InChI=1S/C18H25N3O2S/c1-5-15-14(3)19-17-9-7-6-8-16(17)18(15)20-10-11-21(13(2)12-20)24(4,22)23/h6-9,13H,5,10-12H2,1-4H3/t13-/m1/s1. The molecule has 0 amide bonds. The van der Waals surface area contributed by atoms with Crippen LogP contribution in [0.3, 0.4) is 0 Å². The number of piperazine rings is 1. The van der Waals surface area contributed by atoms with E-state index in [-0.39, 0.29) is 6.04 Å². The zero-order valence-electron chi connectivity index (χ0n) is 14.8. The van der Waals surface area contributed by atoms with Crippen molar-refractivity contribution >= 4 is 26.6 Å². The highest BCUT2D eigenvalue weighted by Gasteiger charge is 2.31. The van der Waals surface area contributed by atoms with Crippen molar-refractivity contribution in [3.05, 3.63) is 35.5 Å². The minimum absolute atomic E-state index is 0.0364. The van der Waals surface area contributed by atoms with E-state index in [1.165, 1.54) is 17.5 Å². The van der Waals surface area contributed by atoms with Gasteiger partial charge < -0.3 is 4.90 Å². The van der Waals surface area contributed by atoms with Gasteiger partial charge in [-0.3, -0.25) is 4.98 Å². The van der Waals surface area contributed by atoms with Gasteiger partial charge in [0.25, 0.3) is 0 Å². The molecule has 1 aliphatic rings. The van der Waals surface area contributed by atoms with E-state index in [1.807, 2.05) is 25.1 Å². The first kappa shape index (κ1) is 17.2. The van der Waals surface area contributed by atoms with Gasteiger partial charge in [-0.1, -0.05) is 25.1 Å². The summed E-state index contributed by atoms with van der Waals surface area (Å²) >= 11 is 0. The number of sulfonamides is 1. The molecule has 0 saturated carbocycles. The normalized spacial score (nSPS) is 19.8. The van der Waals surface area contributed by atoms with Gasteiger partial charge in [-0.2, -0.15) is 4.31 Å². The van der Waals surface area contributed by atoms with Gasteiger partial charge in [-0.25, -0.2) is 8.42 Å². The number of anilines is 1. The fraction of sp³-hybridized carbons (Fsp3) is 0.500. The van der Waals surface area contributed by atoms with Crippen LogP contribution >= 0.6 is 0 Å². The summed E-state index contributed by atoms with van der Waals surface area (Å²) < 4.78 is 25.5. The molecule has 0 N–H and O–H groups in total. The number of benzene rings is 1. The first-order valence-corrected chi connectivity index (χ1v) is 10.3. The topological polar surface area (TPSA) is 53.5 Å². The van der Waals surface area contributed by atoms with Crippen molar-refractivity contribution in [2.75, 3.05) is 30.8 Å². The van der Waals surface area contributed by atoms with Gasteiger partial charge in [-0.05, 0) is 31.9 Å². The van der Waals surface area contributed by atoms with Gasteiger partial charge in [0.15, 0.2) is 0 Å².